The SMILES string of the molecule is CCCCOCCCNc1snc(N)c1C(N)=O. The monoisotopic (exact) mass is 272 g/mol. The summed E-state index contributed by atoms with van der Waals surface area (Å²) in [6, 6.07) is 0. The Hall–Kier alpha value is -1.34. The van der Waals surface area contributed by atoms with E-state index in [0.29, 0.717) is 18.2 Å². The first-order chi connectivity index (χ1) is 8.66. The number of ether oxygens (including phenoxy) is 1. The van der Waals surface area contributed by atoms with Crippen LogP contribution in [-0.2, 0) is 4.74 Å². The fourth-order valence-corrected chi connectivity index (χ4v) is 2.13. The first-order valence-electron chi connectivity index (χ1n) is 6.03. The molecule has 1 aromatic heterocycles. The number of carbonyl (C=O) groups is 1. The van der Waals surface area contributed by atoms with Crippen molar-refractivity contribution in [3.05, 3.63) is 5.56 Å². The van der Waals surface area contributed by atoms with Crippen LogP contribution >= 0.6 is 11.5 Å². The summed E-state index contributed by atoms with van der Waals surface area (Å²) in [4.78, 5) is 11.2. The highest BCUT2D eigenvalue weighted by atomic mass is 32.1. The standard InChI is InChI=1S/C11H20N4O2S/c1-2-3-6-17-7-4-5-14-11-8(10(13)16)9(12)15-18-11/h14H,2-7H2,1H3,(H2,12,15)(H2,13,16). The summed E-state index contributed by atoms with van der Waals surface area (Å²) in [5.74, 6) is -0.364. The van der Waals surface area contributed by atoms with E-state index in [1.807, 2.05) is 0 Å². The predicted molar refractivity (Wildman–Crippen MR) is 73.9 cm³/mol. The highest BCUT2D eigenvalue weighted by Crippen LogP contribution is 2.25. The number of nitrogens with one attached hydrogen (secondary N) is 1. The number of nitrogen functional groups attached to an aromatic ring is 1. The lowest BCUT2D eigenvalue weighted by atomic mass is 10.3. The third-order valence-electron chi connectivity index (χ3n) is 2.36. The Bertz CT molecular complexity index is 381. The smallest absolute Gasteiger partial charge is 0.255 e. The number of aromatic nitrogens is 1. The largest absolute Gasteiger partial charge is 0.382 e. The number of primary amides is 1. The van der Waals surface area contributed by atoms with Crippen LogP contribution in [0.1, 0.15) is 36.5 Å². The van der Waals surface area contributed by atoms with Gasteiger partial charge in [-0.15, -0.1) is 0 Å². The Balaban J connectivity index is 2.25. The minimum absolute atomic E-state index is 0.189. The molecule has 0 aliphatic rings. The van der Waals surface area contributed by atoms with E-state index in [2.05, 4.69) is 16.6 Å². The molecule has 102 valence electrons. The zero-order valence-electron chi connectivity index (χ0n) is 10.6. The van der Waals surface area contributed by atoms with E-state index in [9.17, 15) is 4.79 Å². The third kappa shape index (κ3) is 4.50. The number of carbonyl (C=O) groups excluding carboxylic acids is 1. The molecule has 1 aromatic rings. The van der Waals surface area contributed by atoms with Crippen LogP contribution in [0.3, 0.4) is 0 Å². The van der Waals surface area contributed by atoms with Crippen LogP contribution in [0.15, 0.2) is 0 Å². The van der Waals surface area contributed by atoms with Gasteiger partial charge in [0.05, 0.1) is 0 Å². The van der Waals surface area contributed by atoms with Crippen molar-refractivity contribution < 1.29 is 9.53 Å². The van der Waals surface area contributed by atoms with Gasteiger partial charge in [0, 0.05) is 19.8 Å². The highest BCUT2D eigenvalue weighted by molar-refractivity contribution is 7.11. The number of amides is 1. The van der Waals surface area contributed by atoms with Crippen LogP contribution < -0.4 is 16.8 Å². The van der Waals surface area contributed by atoms with E-state index in [1.54, 1.807) is 0 Å². The van der Waals surface area contributed by atoms with Gasteiger partial charge in [-0.2, -0.15) is 4.37 Å². The summed E-state index contributed by atoms with van der Waals surface area (Å²) < 4.78 is 9.33. The fraction of sp³-hybridized carbons (Fsp3) is 0.636. The van der Waals surface area contributed by atoms with E-state index in [1.165, 1.54) is 0 Å². The summed E-state index contributed by atoms with van der Waals surface area (Å²) >= 11 is 1.15. The topological polar surface area (TPSA) is 103 Å². The molecule has 0 spiro atoms. The molecule has 1 heterocycles. The van der Waals surface area contributed by atoms with Gasteiger partial charge in [-0.25, -0.2) is 0 Å². The number of unbranched alkanes of at least 4 members (excludes halogenated alkanes) is 1. The van der Waals surface area contributed by atoms with Gasteiger partial charge < -0.3 is 21.5 Å². The summed E-state index contributed by atoms with van der Waals surface area (Å²) in [7, 11) is 0. The highest BCUT2D eigenvalue weighted by Gasteiger charge is 2.15. The summed E-state index contributed by atoms with van der Waals surface area (Å²) in [6.07, 6.45) is 3.09. The second-order valence-corrected chi connectivity index (χ2v) is 4.66. The minimum Gasteiger partial charge on any atom is -0.382 e. The normalized spacial score (nSPS) is 10.5. The zero-order valence-corrected chi connectivity index (χ0v) is 11.4. The molecule has 0 aliphatic heterocycles. The van der Waals surface area contributed by atoms with Crippen molar-refractivity contribution in [3.63, 3.8) is 0 Å². The number of anilines is 2. The van der Waals surface area contributed by atoms with Crippen LogP contribution in [-0.4, -0.2) is 30.0 Å². The Morgan fingerprint density at radius 1 is 1.44 bits per heavy atom. The number of hydrogen-bond donors (Lipinski definition) is 3. The minimum atomic E-state index is -0.553. The summed E-state index contributed by atoms with van der Waals surface area (Å²) in [5, 5.41) is 3.73. The van der Waals surface area contributed by atoms with Crippen LogP contribution in [0.5, 0.6) is 0 Å². The molecular formula is C11H20N4O2S. The van der Waals surface area contributed by atoms with Crippen LogP contribution in [0.4, 0.5) is 10.8 Å². The molecule has 0 radical (unpaired) electrons. The maximum absolute atomic E-state index is 11.2. The zero-order chi connectivity index (χ0) is 13.4. The molecule has 0 saturated heterocycles. The molecule has 0 saturated carbocycles. The van der Waals surface area contributed by atoms with E-state index in [4.69, 9.17) is 16.2 Å². The molecule has 1 amide bonds. The lowest BCUT2D eigenvalue weighted by Crippen LogP contribution is -2.15. The molecule has 0 bridgehead atoms. The number of nitrogens with two attached hydrogens (primary N) is 2. The van der Waals surface area contributed by atoms with Crippen molar-refractivity contribution in [3.8, 4) is 0 Å². The van der Waals surface area contributed by atoms with Crippen molar-refractivity contribution in [1.82, 2.24) is 4.37 Å². The molecule has 6 nitrogen and oxygen atoms in total. The van der Waals surface area contributed by atoms with Crippen LogP contribution in [0.25, 0.3) is 0 Å². The first kappa shape index (κ1) is 14.7. The molecule has 0 unspecified atom stereocenters. The van der Waals surface area contributed by atoms with Crippen LogP contribution in [0.2, 0.25) is 0 Å². The van der Waals surface area contributed by atoms with Crippen molar-refractivity contribution in [2.45, 2.75) is 26.2 Å². The molecule has 0 fully saturated rings. The van der Waals surface area contributed by atoms with Gasteiger partial charge in [0.1, 0.15) is 10.6 Å². The van der Waals surface area contributed by atoms with Crippen molar-refractivity contribution in [2.24, 2.45) is 5.73 Å². The van der Waals surface area contributed by atoms with E-state index < -0.39 is 5.91 Å². The molecule has 18 heavy (non-hydrogen) atoms. The maximum atomic E-state index is 11.2. The molecule has 5 N–H and O–H groups in total. The molecule has 7 heteroatoms. The molecule has 0 atom stereocenters. The average Bonchev–Trinajstić information content (AvgIpc) is 2.69. The number of hydrogen-bond acceptors (Lipinski definition) is 6. The number of nitrogens with zero attached hydrogens (tertiary/aromatic N) is 1. The second-order valence-electron chi connectivity index (χ2n) is 3.88. The predicted octanol–water partition coefficient (Wildman–Crippen LogP) is 1.44. The van der Waals surface area contributed by atoms with Gasteiger partial charge >= 0.3 is 0 Å². The summed E-state index contributed by atoms with van der Waals surface area (Å²) in [6.45, 7) is 4.34. The third-order valence-corrected chi connectivity index (χ3v) is 3.18. The van der Waals surface area contributed by atoms with E-state index in [-0.39, 0.29) is 11.4 Å². The van der Waals surface area contributed by atoms with Gasteiger partial charge in [0.2, 0.25) is 0 Å². The van der Waals surface area contributed by atoms with Crippen molar-refractivity contribution in [2.75, 3.05) is 30.8 Å². The lowest BCUT2D eigenvalue weighted by molar-refractivity contribution is 0.100. The molecular weight excluding hydrogens is 252 g/mol. The van der Waals surface area contributed by atoms with E-state index >= 15 is 0 Å². The van der Waals surface area contributed by atoms with Gasteiger partial charge in [0.25, 0.3) is 5.91 Å². The Morgan fingerprint density at radius 2 is 2.17 bits per heavy atom. The lowest BCUT2D eigenvalue weighted by Gasteiger charge is -2.06. The Morgan fingerprint density at radius 3 is 2.83 bits per heavy atom. The average molecular weight is 272 g/mol. The fourth-order valence-electron chi connectivity index (χ4n) is 1.39. The Labute approximate surface area is 111 Å². The Kier molecular flexibility index (Phi) is 6.45. The van der Waals surface area contributed by atoms with Gasteiger partial charge in [-0.1, -0.05) is 13.3 Å². The molecule has 0 aliphatic carbocycles. The molecule has 0 aromatic carbocycles. The first-order valence-corrected chi connectivity index (χ1v) is 6.80. The summed E-state index contributed by atoms with van der Waals surface area (Å²) in [5.41, 5.74) is 11.1. The maximum Gasteiger partial charge on any atom is 0.255 e. The second kappa shape index (κ2) is 7.88. The molecule has 1 rings (SSSR count). The van der Waals surface area contributed by atoms with Gasteiger partial charge in [-0.3, -0.25) is 4.79 Å². The number of rotatable bonds is 9. The quantitative estimate of drug-likeness (QED) is 0.590. The van der Waals surface area contributed by atoms with Gasteiger partial charge in [0.15, 0.2) is 5.82 Å². The van der Waals surface area contributed by atoms with Crippen LogP contribution in [0, 0.1) is 0 Å². The van der Waals surface area contributed by atoms with Gasteiger partial charge in [-0.05, 0) is 24.4 Å². The van der Waals surface area contributed by atoms with Crippen molar-refractivity contribution in [1.29, 1.82) is 0 Å². The van der Waals surface area contributed by atoms with Crippen molar-refractivity contribution >= 4 is 28.3 Å². The van der Waals surface area contributed by atoms with E-state index in [0.717, 1.165) is 37.4 Å².